The molecule has 2 fully saturated rings. The monoisotopic (exact) mass is 448 g/mol. The van der Waals surface area contributed by atoms with Crippen molar-refractivity contribution in [2.45, 2.75) is 69.8 Å². The van der Waals surface area contributed by atoms with Crippen LogP contribution in [-0.2, 0) is 6.18 Å². The van der Waals surface area contributed by atoms with Gasteiger partial charge in [0.25, 0.3) is 5.91 Å². The average molecular weight is 449 g/mol. The SMILES string of the molecule is COc1cc(C(F)(F)F)cc(C)c1C(=O)N[C@]12CC[C@@](C)(CCCC3=CC=CCC31)N2C. The number of methoxy groups -OCH3 is 1. The van der Waals surface area contributed by atoms with Crippen molar-refractivity contribution in [3.05, 3.63) is 52.6 Å². The number of nitrogens with zero attached hydrogens (tertiary/aromatic N) is 1. The smallest absolute Gasteiger partial charge is 0.416 e. The molecule has 32 heavy (non-hydrogen) atoms. The van der Waals surface area contributed by atoms with Gasteiger partial charge in [0.2, 0.25) is 0 Å². The minimum Gasteiger partial charge on any atom is -0.496 e. The number of alkyl halides is 3. The summed E-state index contributed by atoms with van der Waals surface area (Å²) in [5.74, 6) is -0.317. The number of carbonyl (C=O) groups excluding carboxylic acids is 1. The lowest BCUT2D eigenvalue weighted by atomic mass is 9.76. The summed E-state index contributed by atoms with van der Waals surface area (Å²) < 4.78 is 45.1. The molecule has 2 saturated heterocycles. The molecule has 3 aliphatic rings. The number of carbonyl (C=O) groups is 1. The highest BCUT2D eigenvalue weighted by molar-refractivity contribution is 5.99. The first-order valence-corrected chi connectivity index (χ1v) is 11.2. The third-order valence-corrected chi connectivity index (χ3v) is 7.88. The van der Waals surface area contributed by atoms with Gasteiger partial charge < -0.3 is 10.1 Å². The fourth-order valence-electron chi connectivity index (χ4n) is 5.95. The quantitative estimate of drug-likeness (QED) is 0.653. The Hall–Kier alpha value is -2.28. The van der Waals surface area contributed by atoms with E-state index in [0.717, 1.165) is 50.7 Å². The van der Waals surface area contributed by atoms with Crippen LogP contribution in [0.25, 0.3) is 0 Å². The van der Waals surface area contributed by atoms with Gasteiger partial charge in [-0.3, -0.25) is 9.69 Å². The Bertz CT molecular complexity index is 984. The standard InChI is InChI=1S/C25H31F3N2O2/c1-16-14-18(25(26,27)28)15-20(32-4)21(16)22(31)29-24-13-12-23(2,30(24)3)11-7-9-17-8-5-6-10-19(17)24/h5-6,8,14-15,19H,7,9-13H2,1-4H3,(H,29,31)/t19?,23-,24+/m1/s1. The fourth-order valence-corrected chi connectivity index (χ4v) is 5.95. The number of halogens is 3. The van der Waals surface area contributed by atoms with Gasteiger partial charge in [-0.05, 0) is 77.1 Å². The maximum Gasteiger partial charge on any atom is 0.416 e. The summed E-state index contributed by atoms with van der Waals surface area (Å²) in [4.78, 5) is 16.0. The Kier molecular flexibility index (Phi) is 5.68. The second-order valence-electron chi connectivity index (χ2n) is 9.61. The van der Waals surface area contributed by atoms with Crippen LogP contribution < -0.4 is 10.1 Å². The van der Waals surface area contributed by atoms with Crippen LogP contribution in [-0.4, -0.2) is 36.2 Å². The first kappa shape index (κ1) is 22.9. The molecule has 1 aromatic carbocycles. The number of allylic oxidation sites excluding steroid dienone is 3. The van der Waals surface area contributed by atoms with E-state index in [1.54, 1.807) is 0 Å². The van der Waals surface area contributed by atoms with Crippen LogP contribution in [0.3, 0.4) is 0 Å². The Balaban J connectivity index is 1.76. The predicted molar refractivity (Wildman–Crippen MR) is 118 cm³/mol. The summed E-state index contributed by atoms with van der Waals surface area (Å²) in [7, 11) is 3.37. The number of ether oxygens (including phenoxy) is 1. The van der Waals surface area contributed by atoms with Gasteiger partial charge in [0.1, 0.15) is 11.4 Å². The van der Waals surface area contributed by atoms with E-state index in [9.17, 15) is 18.0 Å². The molecule has 0 aromatic heterocycles. The van der Waals surface area contributed by atoms with Gasteiger partial charge in [-0.25, -0.2) is 0 Å². The molecule has 0 spiro atoms. The highest BCUT2D eigenvalue weighted by atomic mass is 19.4. The largest absolute Gasteiger partial charge is 0.496 e. The van der Waals surface area contributed by atoms with Crippen molar-refractivity contribution >= 4 is 5.91 Å². The maximum absolute atomic E-state index is 13.6. The minimum atomic E-state index is -4.51. The van der Waals surface area contributed by atoms with Crippen LogP contribution >= 0.6 is 0 Å². The summed E-state index contributed by atoms with van der Waals surface area (Å²) in [5, 5.41) is 3.31. The van der Waals surface area contributed by atoms with Gasteiger partial charge in [-0.1, -0.05) is 23.8 Å². The molecule has 174 valence electrons. The van der Waals surface area contributed by atoms with E-state index in [4.69, 9.17) is 4.74 Å². The van der Waals surface area contributed by atoms with Crippen molar-refractivity contribution in [2.24, 2.45) is 5.92 Å². The molecular formula is C25H31F3N2O2. The number of amides is 1. The molecule has 2 aliphatic heterocycles. The summed E-state index contributed by atoms with van der Waals surface area (Å²) >= 11 is 0. The van der Waals surface area contributed by atoms with Crippen LogP contribution in [0.15, 0.2) is 35.9 Å². The first-order chi connectivity index (χ1) is 15.0. The molecule has 0 saturated carbocycles. The van der Waals surface area contributed by atoms with E-state index in [1.807, 2.05) is 0 Å². The van der Waals surface area contributed by atoms with Crippen LogP contribution in [0, 0.1) is 12.8 Å². The molecule has 2 bridgehead atoms. The normalized spacial score (nSPS) is 30.2. The van der Waals surface area contributed by atoms with Gasteiger partial charge >= 0.3 is 6.18 Å². The zero-order valence-electron chi connectivity index (χ0n) is 19.1. The van der Waals surface area contributed by atoms with Crippen molar-refractivity contribution in [3.63, 3.8) is 0 Å². The molecule has 1 aromatic rings. The Labute approximate surface area is 187 Å². The second-order valence-corrected chi connectivity index (χ2v) is 9.61. The predicted octanol–water partition coefficient (Wildman–Crippen LogP) is 5.62. The Morgan fingerprint density at radius 1 is 1.25 bits per heavy atom. The number of hydrogen-bond donors (Lipinski definition) is 1. The average Bonchev–Trinajstić information content (AvgIpc) is 3.01. The molecule has 4 rings (SSSR count). The lowest BCUT2D eigenvalue weighted by molar-refractivity contribution is -0.137. The van der Waals surface area contributed by atoms with Gasteiger partial charge in [0.05, 0.1) is 18.2 Å². The van der Waals surface area contributed by atoms with E-state index >= 15 is 0 Å². The number of aryl methyl sites for hydroxylation is 1. The zero-order chi connectivity index (χ0) is 23.3. The highest BCUT2D eigenvalue weighted by Gasteiger charge is 2.56. The molecule has 7 heteroatoms. The molecule has 1 aliphatic carbocycles. The van der Waals surface area contributed by atoms with Crippen molar-refractivity contribution in [3.8, 4) is 5.75 Å². The molecule has 1 unspecified atom stereocenters. The van der Waals surface area contributed by atoms with Crippen molar-refractivity contribution in [2.75, 3.05) is 14.2 Å². The number of fused-ring (bicyclic) bond motifs is 4. The lowest BCUT2D eigenvalue weighted by Crippen LogP contribution is -2.65. The van der Waals surface area contributed by atoms with Crippen LogP contribution in [0.5, 0.6) is 5.75 Å². The summed E-state index contributed by atoms with van der Waals surface area (Å²) in [6.45, 7) is 3.78. The third-order valence-electron chi connectivity index (χ3n) is 7.88. The van der Waals surface area contributed by atoms with Gasteiger partial charge in [-0.2, -0.15) is 13.2 Å². The molecule has 0 radical (unpaired) electrons. The molecule has 1 N–H and O–H groups in total. The van der Waals surface area contributed by atoms with Gasteiger partial charge in [0.15, 0.2) is 0 Å². The van der Waals surface area contributed by atoms with Gasteiger partial charge in [-0.15, -0.1) is 0 Å². The van der Waals surface area contributed by atoms with E-state index in [1.165, 1.54) is 19.6 Å². The van der Waals surface area contributed by atoms with E-state index in [-0.39, 0.29) is 28.3 Å². The number of hydrogen-bond acceptors (Lipinski definition) is 3. The number of rotatable bonds is 3. The van der Waals surface area contributed by atoms with E-state index in [2.05, 4.69) is 42.4 Å². The topological polar surface area (TPSA) is 41.6 Å². The van der Waals surface area contributed by atoms with Gasteiger partial charge in [0, 0.05) is 11.5 Å². The Morgan fingerprint density at radius 3 is 2.69 bits per heavy atom. The van der Waals surface area contributed by atoms with Crippen molar-refractivity contribution in [1.29, 1.82) is 0 Å². The molecule has 2 heterocycles. The molecular weight excluding hydrogens is 417 g/mol. The second kappa shape index (κ2) is 7.94. The van der Waals surface area contributed by atoms with Crippen LogP contribution in [0.4, 0.5) is 13.2 Å². The van der Waals surface area contributed by atoms with E-state index < -0.39 is 23.3 Å². The third kappa shape index (κ3) is 3.64. The Morgan fingerprint density at radius 2 is 2.00 bits per heavy atom. The fraction of sp³-hybridized carbons (Fsp3) is 0.560. The zero-order valence-corrected chi connectivity index (χ0v) is 19.1. The number of benzene rings is 1. The van der Waals surface area contributed by atoms with Crippen LogP contribution in [0.2, 0.25) is 0 Å². The summed E-state index contributed by atoms with van der Waals surface area (Å²) in [6.07, 6.45) is 7.60. The molecule has 3 atom stereocenters. The summed E-state index contributed by atoms with van der Waals surface area (Å²) in [5.41, 5.74) is 0.303. The highest BCUT2D eigenvalue weighted by Crippen LogP contribution is 2.51. The van der Waals surface area contributed by atoms with Crippen LogP contribution in [0.1, 0.15) is 66.9 Å². The minimum absolute atomic E-state index is 0.0285. The van der Waals surface area contributed by atoms with Crippen molar-refractivity contribution in [1.82, 2.24) is 10.2 Å². The molecule has 4 nitrogen and oxygen atoms in total. The van der Waals surface area contributed by atoms with E-state index in [0.29, 0.717) is 0 Å². The number of nitrogens with one attached hydrogen (secondary N) is 1. The summed E-state index contributed by atoms with van der Waals surface area (Å²) in [6, 6.07) is 1.93. The maximum atomic E-state index is 13.6. The first-order valence-electron chi connectivity index (χ1n) is 11.2. The lowest BCUT2D eigenvalue weighted by Gasteiger charge is -2.50. The van der Waals surface area contributed by atoms with Crippen molar-refractivity contribution < 1.29 is 22.7 Å². The molecule has 1 amide bonds.